The minimum absolute atomic E-state index is 0.0734. The van der Waals surface area contributed by atoms with Crippen molar-refractivity contribution in [1.82, 2.24) is 5.32 Å². The van der Waals surface area contributed by atoms with E-state index in [0.717, 1.165) is 12.8 Å². The van der Waals surface area contributed by atoms with Crippen molar-refractivity contribution in [2.24, 2.45) is 5.92 Å². The number of halogens is 1. The van der Waals surface area contributed by atoms with Gasteiger partial charge in [-0.2, -0.15) is 0 Å². The number of nitrogens with one attached hydrogen (secondary N) is 1. The number of piperidine rings is 1. The van der Waals surface area contributed by atoms with E-state index in [-0.39, 0.29) is 17.5 Å². The van der Waals surface area contributed by atoms with Crippen molar-refractivity contribution in [3.63, 3.8) is 0 Å². The molecule has 0 aromatic heterocycles. The molecular weight excluding hydrogens is 229 g/mol. The number of carbonyl (C=O) groups excluding carboxylic acids is 1. The summed E-state index contributed by atoms with van der Waals surface area (Å²) < 4.78 is 13.5. The lowest BCUT2D eigenvalue weighted by Gasteiger charge is -2.28. The first kappa shape index (κ1) is 11.8. The van der Waals surface area contributed by atoms with Crippen molar-refractivity contribution in [2.75, 3.05) is 0 Å². The van der Waals surface area contributed by atoms with E-state index in [2.05, 4.69) is 5.32 Å². The Morgan fingerprint density at radius 1 is 1.28 bits per heavy atom. The molecule has 0 spiro atoms. The van der Waals surface area contributed by atoms with Crippen LogP contribution < -0.4 is 5.32 Å². The van der Waals surface area contributed by atoms with Crippen LogP contribution in [-0.4, -0.2) is 17.9 Å². The zero-order chi connectivity index (χ0) is 12.7. The molecule has 2 atom stereocenters. The predicted octanol–water partition coefficient (Wildman–Crippen LogP) is 2.85. The number of benzene rings is 1. The Morgan fingerprint density at radius 2 is 1.94 bits per heavy atom. The predicted molar refractivity (Wildman–Crippen MR) is 68.1 cm³/mol. The molecule has 1 aromatic carbocycles. The van der Waals surface area contributed by atoms with Crippen LogP contribution in [0.5, 0.6) is 0 Å². The second-order valence-corrected chi connectivity index (χ2v) is 5.58. The van der Waals surface area contributed by atoms with Crippen LogP contribution in [-0.2, 0) is 0 Å². The summed E-state index contributed by atoms with van der Waals surface area (Å²) >= 11 is 0. The van der Waals surface area contributed by atoms with Crippen molar-refractivity contribution in [3.05, 3.63) is 35.1 Å². The summed E-state index contributed by atoms with van der Waals surface area (Å²) in [5, 5.41) is 3.53. The van der Waals surface area contributed by atoms with E-state index in [9.17, 15) is 9.18 Å². The molecule has 0 saturated carbocycles. The van der Waals surface area contributed by atoms with Gasteiger partial charge in [-0.05, 0) is 44.2 Å². The van der Waals surface area contributed by atoms with Crippen LogP contribution in [0, 0.1) is 18.7 Å². The summed E-state index contributed by atoms with van der Waals surface area (Å²) in [5.41, 5.74) is 1.06. The molecule has 2 saturated heterocycles. The van der Waals surface area contributed by atoms with E-state index in [1.165, 1.54) is 18.9 Å². The van der Waals surface area contributed by atoms with Gasteiger partial charge in [-0.3, -0.25) is 4.79 Å². The van der Waals surface area contributed by atoms with Crippen LogP contribution in [0.25, 0.3) is 0 Å². The summed E-state index contributed by atoms with van der Waals surface area (Å²) in [6.45, 7) is 1.69. The molecule has 1 N–H and O–H groups in total. The summed E-state index contributed by atoms with van der Waals surface area (Å²) in [4.78, 5) is 12.5. The first-order chi connectivity index (χ1) is 8.65. The third-order valence-electron chi connectivity index (χ3n) is 4.38. The molecule has 96 valence electrons. The minimum Gasteiger partial charge on any atom is -0.311 e. The van der Waals surface area contributed by atoms with Crippen LogP contribution in [0.3, 0.4) is 0 Å². The highest BCUT2D eigenvalue weighted by atomic mass is 19.1. The van der Waals surface area contributed by atoms with Crippen molar-refractivity contribution in [3.8, 4) is 0 Å². The number of carbonyl (C=O) groups is 1. The molecule has 1 aromatic rings. The number of hydrogen-bond donors (Lipinski definition) is 1. The van der Waals surface area contributed by atoms with E-state index < -0.39 is 0 Å². The topological polar surface area (TPSA) is 29.1 Å². The van der Waals surface area contributed by atoms with Gasteiger partial charge in [0.1, 0.15) is 5.82 Å². The highest BCUT2D eigenvalue weighted by molar-refractivity contribution is 5.99. The maximum Gasteiger partial charge on any atom is 0.166 e. The van der Waals surface area contributed by atoms with Crippen LogP contribution in [0.15, 0.2) is 18.2 Å². The molecule has 3 heteroatoms. The third-order valence-corrected chi connectivity index (χ3v) is 4.38. The minimum atomic E-state index is -0.280. The van der Waals surface area contributed by atoms with E-state index >= 15 is 0 Å². The Labute approximate surface area is 107 Å². The first-order valence-corrected chi connectivity index (χ1v) is 6.70. The van der Waals surface area contributed by atoms with Gasteiger partial charge < -0.3 is 5.32 Å². The summed E-state index contributed by atoms with van der Waals surface area (Å²) in [5.74, 6) is -0.0765. The van der Waals surface area contributed by atoms with E-state index in [1.54, 1.807) is 19.1 Å². The Balaban J connectivity index is 1.84. The number of Topliss-reactive ketones (excluding diaryl/α,β-unsaturated/α-hetero) is 1. The number of fused-ring (bicyclic) bond motifs is 2. The maximum absolute atomic E-state index is 13.5. The quantitative estimate of drug-likeness (QED) is 0.814. The van der Waals surface area contributed by atoms with Crippen LogP contribution in [0.2, 0.25) is 0 Å². The van der Waals surface area contributed by atoms with Crippen molar-refractivity contribution < 1.29 is 9.18 Å². The summed E-state index contributed by atoms with van der Waals surface area (Å²) in [6.07, 6.45) is 4.17. The molecule has 2 unspecified atom stereocenters. The van der Waals surface area contributed by atoms with E-state index in [4.69, 9.17) is 0 Å². The molecule has 2 aliphatic heterocycles. The zero-order valence-electron chi connectivity index (χ0n) is 10.6. The van der Waals surface area contributed by atoms with Crippen molar-refractivity contribution >= 4 is 5.78 Å². The van der Waals surface area contributed by atoms with E-state index in [1.807, 2.05) is 0 Å². The monoisotopic (exact) mass is 247 g/mol. The normalized spacial score (nSPS) is 30.4. The lowest BCUT2D eigenvalue weighted by atomic mass is 9.84. The van der Waals surface area contributed by atoms with Gasteiger partial charge in [0.15, 0.2) is 5.78 Å². The molecule has 3 rings (SSSR count). The number of ketones is 1. The Hall–Kier alpha value is -1.22. The van der Waals surface area contributed by atoms with Gasteiger partial charge >= 0.3 is 0 Å². The molecule has 2 nitrogen and oxygen atoms in total. The largest absolute Gasteiger partial charge is 0.311 e. The number of rotatable bonds is 2. The Morgan fingerprint density at radius 3 is 2.61 bits per heavy atom. The fourth-order valence-electron chi connectivity index (χ4n) is 3.37. The Bertz CT molecular complexity index is 473. The molecular formula is C15H18FNO. The third kappa shape index (κ3) is 1.97. The van der Waals surface area contributed by atoms with Gasteiger partial charge in [0.25, 0.3) is 0 Å². The van der Waals surface area contributed by atoms with Crippen LogP contribution >= 0.6 is 0 Å². The molecule has 2 heterocycles. The van der Waals surface area contributed by atoms with Gasteiger partial charge in [-0.15, -0.1) is 0 Å². The highest BCUT2D eigenvalue weighted by Crippen LogP contribution is 2.33. The molecule has 0 radical (unpaired) electrons. The number of hydrogen-bond acceptors (Lipinski definition) is 2. The standard InChI is InChI=1S/C15H18FNO/c1-9-13(3-2-4-14(9)16)15(18)10-7-11-5-6-12(8-10)17-11/h2-4,10-12,17H,5-8H2,1H3. The average molecular weight is 247 g/mol. The molecule has 0 aliphatic carbocycles. The lowest BCUT2D eigenvalue weighted by Crippen LogP contribution is -2.40. The molecule has 0 amide bonds. The van der Waals surface area contributed by atoms with Gasteiger partial charge in [0, 0.05) is 23.6 Å². The van der Waals surface area contributed by atoms with Gasteiger partial charge in [0.05, 0.1) is 0 Å². The smallest absolute Gasteiger partial charge is 0.166 e. The Kier molecular flexibility index (Phi) is 2.94. The van der Waals surface area contributed by atoms with Gasteiger partial charge in [0.2, 0.25) is 0 Å². The maximum atomic E-state index is 13.5. The molecule has 2 aliphatic rings. The average Bonchev–Trinajstić information content (AvgIpc) is 2.71. The fourth-order valence-corrected chi connectivity index (χ4v) is 3.37. The van der Waals surface area contributed by atoms with E-state index in [0.29, 0.717) is 23.2 Å². The van der Waals surface area contributed by atoms with Crippen molar-refractivity contribution in [1.29, 1.82) is 0 Å². The first-order valence-electron chi connectivity index (χ1n) is 6.70. The summed E-state index contributed by atoms with van der Waals surface area (Å²) in [6, 6.07) is 5.78. The zero-order valence-corrected chi connectivity index (χ0v) is 10.6. The van der Waals surface area contributed by atoms with Crippen molar-refractivity contribution in [2.45, 2.75) is 44.7 Å². The molecule has 2 fully saturated rings. The fraction of sp³-hybridized carbons (Fsp3) is 0.533. The highest BCUT2D eigenvalue weighted by Gasteiger charge is 2.37. The second kappa shape index (κ2) is 4.47. The van der Waals surface area contributed by atoms with Gasteiger partial charge in [-0.1, -0.05) is 12.1 Å². The summed E-state index contributed by atoms with van der Waals surface area (Å²) in [7, 11) is 0. The molecule has 2 bridgehead atoms. The van der Waals surface area contributed by atoms with Crippen LogP contribution in [0.4, 0.5) is 4.39 Å². The lowest BCUT2D eigenvalue weighted by molar-refractivity contribution is 0.0874. The van der Waals surface area contributed by atoms with Crippen LogP contribution in [0.1, 0.15) is 41.6 Å². The SMILES string of the molecule is Cc1c(F)cccc1C(=O)C1CC2CCC(C1)N2. The second-order valence-electron chi connectivity index (χ2n) is 5.58. The molecule has 18 heavy (non-hydrogen) atoms. The van der Waals surface area contributed by atoms with Gasteiger partial charge in [-0.25, -0.2) is 4.39 Å².